The number of thioether (sulfide) groups is 1. The van der Waals surface area contributed by atoms with Crippen molar-refractivity contribution in [2.45, 2.75) is 37.5 Å². The van der Waals surface area contributed by atoms with Gasteiger partial charge in [0, 0.05) is 28.3 Å². The first-order valence-corrected chi connectivity index (χ1v) is 11.7. The first-order valence-electron chi connectivity index (χ1n) is 10.7. The van der Waals surface area contributed by atoms with E-state index in [1.54, 1.807) is 11.8 Å². The molecule has 1 N–H and O–H groups in total. The lowest BCUT2D eigenvalue weighted by molar-refractivity contribution is 0.0951. The van der Waals surface area contributed by atoms with Gasteiger partial charge in [-0.25, -0.2) is 4.98 Å². The number of hydrogen-bond donors (Lipinski definition) is 1. The fourth-order valence-electron chi connectivity index (χ4n) is 3.30. The number of hydrogen-bond acceptors (Lipinski definition) is 4. The number of benzene rings is 3. The molecule has 4 rings (SSSR count). The van der Waals surface area contributed by atoms with E-state index in [2.05, 4.69) is 53.6 Å². The second kappa shape index (κ2) is 10.3. The number of nitrogens with zero attached hydrogens (tertiary/aromatic N) is 1. The lowest BCUT2D eigenvalue weighted by Gasteiger charge is -2.07. The van der Waals surface area contributed by atoms with E-state index >= 15 is 0 Å². The largest absolute Gasteiger partial charge is 0.441 e. The van der Waals surface area contributed by atoms with Crippen LogP contribution in [-0.2, 0) is 18.7 Å². The Bertz CT molecular complexity index is 1170. The Hall–Kier alpha value is -3.31. The van der Waals surface area contributed by atoms with E-state index in [1.807, 2.05) is 49.4 Å². The number of nitrogens with one attached hydrogen (secondary N) is 1. The topological polar surface area (TPSA) is 55.1 Å². The molecule has 0 unspecified atom stereocenters. The maximum absolute atomic E-state index is 12.5. The molecule has 0 aliphatic carbocycles. The Balaban J connectivity index is 1.37. The third-order valence-corrected chi connectivity index (χ3v) is 6.31. The standard InChI is InChI=1S/C27H26N2O2S/c1-3-20-9-11-21(12-10-20)17-28-26(30)22-13-15-23(16-14-22)27-29-25(19(2)31-27)18-32-24-7-5-4-6-8-24/h4-16H,3,17-18H2,1-2H3,(H,28,30). The number of carbonyl (C=O) groups excluding carboxylic acids is 1. The fourth-order valence-corrected chi connectivity index (χ4v) is 4.22. The summed E-state index contributed by atoms with van der Waals surface area (Å²) in [6.45, 7) is 4.57. The van der Waals surface area contributed by atoms with Gasteiger partial charge in [0.15, 0.2) is 0 Å². The maximum Gasteiger partial charge on any atom is 0.251 e. The highest BCUT2D eigenvalue weighted by Crippen LogP contribution is 2.27. The lowest BCUT2D eigenvalue weighted by Crippen LogP contribution is -2.22. The van der Waals surface area contributed by atoms with E-state index < -0.39 is 0 Å². The molecule has 32 heavy (non-hydrogen) atoms. The van der Waals surface area contributed by atoms with Crippen LogP contribution in [0.25, 0.3) is 11.5 Å². The summed E-state index contributed by atoms with van der Waals surface area (Å²) >= 11 is 1.73. The van der Waals surface area contributed by atoms with Crippen molar-refractivity contribution in [1.82, 2.24) is 10.3 Å². The Labute approximate surface area is 193 Å². The molecule has 0 spiro atoms. The minimum atomic E-state index is -0.0975. The van der Waals surface area contributed by atoms with Crippen LogP contribution in [0.15, 0.2) is 88.2 Å². The van der Waals surface area contributed by atoms with Crippen molar-refractivity contribution in [2.75, 3.05) is 0 Å². The Kier molecular flexibility index (Phi) is 7.07. The Morgan fingerprint density at radius 1 is 0.938 bits per heavy atom. The molecule has 1 amide bonds. The summed E-state index contributed by atoms with van der Waals surface area (Å²) in [7, 11) is 0. The summed E-state index contributed by atoms with van der Waals surface area (Å²) in [5, 5.41) is 2.98. The van der Waals surface area contributed by atoms with Crippen LogP contribution in [0.4, 0.5) is 0 Å². The molecule has 0 saturated heterocycles. The molecule has 5 heteroatoms. The molecule has 0 aliphatic rings. The molecule has 1 aromatic heterocycles. The van der Waals surface area contributed by atoms with Gasteiger partial charge in [-0.05, 0) is 60.9 Å². The molecule has 0 bridgehead atoms. The molecule has 0 saturated carbocycles. The summed E-state index contributed by atoms with van der Waals surface area (Å²) < 4.78 is 5.89. The molecule has 0 radical (unpaired) electrons. The van der Waals surface area contributed by atoms with E-state index in [9.17, 15) is 4.79 Å². The van der Waals surface area contributed by atoms with Crippen LogP contribution in [0.5, 0.6) is 0 Å². The van der Waals surface area contributed by atoms with Gasteiger partial charge >= 0.3 is 0 Å². The van der Waals surface area contributed by atoms with Gasteiger partial charge in [-0.15, -0.1) is 11.8 Å². The second-order valence-corrected chi connectivity index (χ2v) is 8.60. The predicted octanol–water partition coefficient (Wildman–Crippen LogP) is 6.43. The van der Waals surface area contributed by atoms with Gasteiger partial charge in [0.25, 0.3) is 5.91 Å². The highest BCUT2D eigenvalue weighted by atomic mass is 32.2. The predicted molar refractivity (Wildman–Crippen MR) is 130 cm³/mol. The van der Waals surface area contributed by atoms with Crippen molar-refractivity contribution in [3.05, 3.63) is 107 Å². The molecule has 1 heterocycles. The molecular formula is C27H26N2O2S. The maximum atomic E-state index is 12.5. The van der Waals surface area contributed by atoms with Crippen LogP contribution in [0.3, 0.4) is 0 Å². The quantitative estimate of drug-likeness (QED) is 0.319. The minimum Gasteiger partial charge on any atom is -0.441 e. The summed E-state index contributed by atoms with van der Waals surface area (Å²) in [5.74, 6) is 2.05. The van der Waals surface area contributed by atoms with Gasteiger partial charge < -0.3 is 9.73 Å². The number of amides is 1. The summed E-state index contributed by atoms with van der Waals surface area (Å²) in [6, 6.07) is 25.9. The first-order chi connectivity index (χ1) is 15.6. The average molecular weight is 443 g/mol. The number of carbonyl (C=O) groups is 1. The van der Waals surface area contributed by atoms with E-state index in [0.29, 0.717) is 18.0 Å². The van der Waals surface area contributed by atoms with Gasteiger partial charge in [0.2, 0.25) is 5.89 Å². The third-order valence-electron chi connectivity index (χ3n) is 5.29. The molecule has 4 nitrogen and oxygen atoms in total. The zero-order valence-electron chi connectivity index (χ0n) is 18.3. The van der Waals surface area contributed by atoms with Crippen LogP contribution in [0.2, 0.25) is 0 Å². The number of rotatable bonds is 8. The molecule has 0 fully saturated rings. The van der Waals surface area contributed by atoms with E-state index in [4.69, 9.17) is 4.42 Å². The fraction of sp³-hybridized carbons (Fsp3) is 0.185. The average Bonchev–Trinajstić information content (AvgIpc) is 3.22. The SMILES string of the molecule is CCc1ccc(CNC(=O)c2ccc(-c3nc(CSc4ccccc4)c(C)o3)cc2)cc1. The molecule has 0 atom stereocenters. The van der Waals surface area contributed by atoms with Crippen molar-refractivity contribution >= 4 is 17.7 Å². The van der Waals surface area contributed by atoms with Crippen LogP contribution in [-0.4, -0.2) is 10.9 Å². The van der Waals surface area contributed by atoms with Gasteiger partial charge in [-0.2, -0.15) is 0 Å². The summed E-state index contributed by atoms with van der Waals surface area (Å²) in [6.07, 6.45) is 1.01. The number of oxazole rings is 1. The zero-order valence-corrected chi connectivity index (χ0v) is 19.1. The van der Waals surface area contributed by atoms with Gasteiger partial charge in [0.05, 0.1) is 5.69 Å². The van der Waals surface area contributed by atoms with Crippen molar-refractivity contribution < 1.29 is 9.21 Å². The monoisotopic (exact) mass is 442 g/mol. The van der Waals surface area contributed by atoms with Crippen LogP contribution in [0.1, 0.15) is 39.9 Å². The van der Waals surface area contributed by atoms with Gasteiger partial charge in [-0.1, -0.05) is 49.4 Å². The first kappa shape index (κ1) is 21.9. The van der Waals surface area contributed by atoms with Crippen molar-refractivity contribution in [3.8, 4) is 11.5 Å². The second-order valence-electron chi connectivity index (χ2n) is 7.55. The van der Waals surface area contributed by atoms with E-state index in [1.165, 1.54) is 10.5 Å². The van der Waals surface area contributed by atoms with Gasteiger partial charge in [-0.3, -0.25) is 4.79 Å². The molecule has 3 aromatic carbocycles. The number of aryl methyl sites for hydroxylation is 2. The van der Waals surface area contributed by atoms with Crippen LogP contribution < -0.4 is 5.32 Å². The normalized spacial score (nSPS) is 10.8. The van der Waals surface area contributed by atoms with Crippen LogP contribution >= 0.6 is 11.8 Å². The highest BCUT2D eigenvalue weighted by Gasteiger charge is 2.13. The van der Waals surface area contributed by atoms with Crippen molar-refractivity contribution in [3.63, 3.8) is 0 Å². The van der Waals surface area contributed by atoms with Crippen LogP contribution in [0, 0.1) is 6.92 Å². The summed E-state index contributed by atoms with van der Waals surface area (Å²) in [4.78, 5) is 18.4. The molecule has 4 aromatic rings. The highest BCUT2D eigenvalue weighted by molar-refractivity contribution is 7.98. The lowest BCUT2D eigenvalue weighted by atomic mass is 10.1. The molecule has 162 valence electrons. The zero-order chi connectivity index (χ0) is 22.3. The smallest absolute Gasteiger partial charge is 0.251 e. The minimum absolute atomic E-state index is 0.0975. The van der Waals surface area contributed by atoms with Crippen molar-refractivity contribution in [1.29, 1.82) is 0 Å². The summed E-state index contributed by atoms with van der Waals surface area (Å²) in [5.41, 5.74) is 4.78. The van der Waals surface area contributed by atoms with Crippen molar-refractivity contribution in [2.24, 2.45) is 0 Å². The third kappa shape index (κ3) is 5.48. The Morgan fingerprint density at radius 3 is 2.31 bits per heavy atom. The molecular weight excluding hydrogens is 416 g/mol. The molecule has 0 aliphatic heterocycles. The van der Waals surface area contributed by atoms with E-state index in [0.717, 1.165) is 34.8 Å². The Morgan fingerprint density at radius 2 is 1.62 bits per heavy atom. The van der Waals surface area contributed by atoms with E-state index in [-0.39, 0.29) is 5.91 Å². The van der Waals surface area contributed by atoms with Gasteiger partial charge in [0.1, 0.15) is 5.76 Å². The number of aromatic nitrogens is 1.